The molecule has 0 aliphatic heterocycles. The van der Waals surface area contributed by atoms with Crippen LogP contribution in [-0.2, 0) is 24.5 Å². The van der Waals surface area contributed by atoms with E-state index in [-0.39, 0.29) is 30.1 Å². The second-order valence-electron chi connectivity index (χ2n) is 18.5. The summed E-state index contributed by atoms with van der Waals surface area (Å²) in [5.74, 6) is 2.61. The van der Waals surface area contributed by atoms with Crippen molar-refractivity contribution < 1.29 is 18.1 Å². The Morgan fingerprint density at radius 3 is 1.96 bits per heavy atom. The summed E-state index contributed by atoms with van der Waals surface area (Å²) in [6, 6.07) is 14.3. The summed E-state index contributed by atoms with van der Waals surface area (Å²) in [6.45, 7) is 31.0. The monoisotopic (exact) mass is 758 g/mol. The van der Waals surface area contributed by atoms with E-state index in [4.69, 9.17) is 13.3 Å². The molecule has 51 heavy (non-hydrogen) atoms. The van der Waals surface area contributed by atoms with E-state index in [0.29, 0.717) is 36.6 Å². The lowest BCUT2D eigenvalue weighted by atomic mass is 9.89. The van der Waals surface area contributed by atoms with Gasteiger partial charge in [-0.05, 0) is 132 Å². The van der Waals surface area contributed by atoms with Gasteiger partial charge in [0.1, 0.15) is 0 Å². The van der Waals surface area contributed by atoms with Gasteiger partial charge in [0, 0.05) is 18.9 Å². The summed E-state index contributed by atoms with van der Waals surface area (Å²) in [7, 11) is -5.69. The first-order chi connectivity index (χ1) is 23.8. The molecule has 1 aliphatic carbocycles. The molecule has 0 aromatic heterocycles. The highest BCUT2D eigenvalue weighted by Crippen LogP contribution is 2.43. The lowest BCUT2D eigenvalue weighted by Gasteiger charge is -2.33. The summed E-state index contributed by atoms with van der Waals surface area (Å²) in [5.41, 5.74) is 1.37. The first kappa shape index (κ1) is 45.9. The Bertz CT molecular complexity index is 1180. The molecule has 2 rings (SSSR count). The molecule has 5 nitrogen and oxygen atoms in total. The summed E-state index contributed by atoms with van der Waals surface area (Å²) in [4.78, 5) is 12.0. The van der Waals surface area contributed by atoms with Gasteiger partial charge in [-0.15, -0.1) is 0 Å². The summed E-state index contributed by atoms with van der Waals surface area (Å²) < 4.78 is 21.7. The third-order valence-corrected chi connectivity index (χ3v) is 18.0. The molecule has 5 atom stereocenters. The summed E-state index contributed by atoms with van der Waals surface area (Å²) in [6.07, 6.45) is 16.3. The first-order valence-electron chi connectivity index (χ1n) is 20.5. The van der Waals surface area contributed by atoms with Crippen molar-refractivity contribution in [3.8, 4) is 0 Å². The second kappa shape index (κ2) is 22.2. The van der Waals surface area contributed by atoms with Crippen LogP contribution in [0.2, 0.25) is 57.4 Å². The first-order valence-corrected chi connectivity index (χ1v) is 29.8. The Morgan fingerprint density at radius 1 is 0.824 bits per heavy atom. The van der Waals surface area contributed by atoms with E-state index in [1.165, 1.54) is 5.56 Å². The predicted octanol–water partition coefficient (Wildman–Crippen LogP) is 11.8. The van der Waals surface area contributed by atoms with E-state index < -0.39 is 25.0 Å². The van der Waals surface area contributed by atoms with E-state index in [0.717, 1.165) is 56.7 Å². The van der Waals surface area contributed by atoms with Crippen LogP contribution in [-0.4, -0.2) is 55.7 Å². The van der Waals surface area contributed by atoms with Crippen molar-refractivity contribution in [2.75, 3.05) is 6.54 Å². The number of benzene rings is 1. The van der Waals surface area contributed by atoms with Crippen molar-refractivity contribution in [2.45, 2.75) is 169 Å². The van der Waals surface area contributed by atoms with Crippen LogP contribution < -0.4 is 5.32 Å². The van der Waals surface area contributed by atoms with Gasteiger partial charge >= 0.3 is 0 Å². The number of allylic oxidation sites excluding steroid dienone is 2. The standard InChI is InChI=1S/C43H79NO4Si3/c1-14-44-43(45)25-21-16-15-20-24-39-40(29-28-38(46-49(8,9)31-34(2)3)27-26-37-22-18-17-19-23-37)42(48-51(12,13)33-36(6)7)30-41(39)47-50(10,11)32-35(4)5/h15,17-20,22-23,28-29,34-36,38-42H,14,16,21,24-27,30-33H2,1-13H3,(H,44,45)/b20-15+,29-28+. The molecule has 1 N–H and O–H groups in total. The lowest BCUT2D eigenvalue weighted by molar-refractivity contribution is -0.121. The molecule has 1 aliphatic rings. The molecule has 0 bridgehead atoms. The third kappa shape index (κ3) is 19.0. The van der Waals surface area contributed by atoms with Crippen molar-refractivity contribution in [3.05, 3.63) is 60.2 Å². The van der Waals surface area contributed by atoms with Crippen LogP contribution in [0.1, 0.15) is 92.6 Å². The fourth-order valence-electron chi connectivity index (χ4n) is 8.68. The number of carbonyl (C=O) groups is 1. The van der Waals surface area contributed by atoms with E-state index in [2.05, 4.69) is 141 Å². The normalized spacial score (nSPS) is 21.2. The fourth-order valence-corrected chi connectivity index (χ4v) is 18.1. The Morgan fingerprint density at radius 2 is 1.39 bits per heavy atom. The summed E-state index contributed by atoms with van der Waals surface area (Å²) >= 11 is 0. The van der Waals surface area contributed by atoms with Gasteiger partial charge in [-0.2, -0.15) is 0 Å². The maximum absolute atomic E-state index is 12.0. The maximum Gasteiger partial charge on any atom is 0.219 e. The number of aryl methyl sites for hydroxylation is 1. The average Bonchev–Trinajstić information content (AvgIpc) is 3.28. The van der Waals surface area contributed by atoms with Crippen molar-refractivity contribution in [2.24, 2.45) is 29.6 Å². The summed E-state index contributed by atoms with van der Waals surface area (Å²) in [5, 5.41) is 2.93. The van der Waals surface area contributed by atoms with Gasteiger partial charge in [0.25, 0.3) is 0 Å². The average molecular weight is 758 g/mol. The van der Waals surface area contributed by atoms with Crippen LogP contribution in [0.5, 0.6) is 0 Å². The van der Waals surface area contributed by atoms with Crippen LogP contribution in [0.15, 0.2) is 54.6 Å². The Balaban J connectivity index is 2.48. The van der Waals surface area contributed by atoms with Crippen molar-refractivity contribution in [3.63, 3.8) is 0 Å². The molecule has 292 valence electrons. The third-order valence-electron chi connectivity index (χ3n) is 9.81. The highest BCUT2D eigenvalue weighted by Gasteiger charge is 2.47. The minimum Gasteiger partial charge on any atom is -0.414 e. The molecule has 1 aromatic rings. The highest BCUT2D eigenvalue weighted by atomic mass is 28.4. The molecule has 0 radical (unpaired) electrons. The molecular weight excluding hydrogens is 679 g/mol. The molecule has 0 saturated heterocycles. The molecule has 1 amide bonds. The number of unbranched alkanes of at least 4 members (excludes halogenated alkanes) is 1. The Hall–Kier alpha value is -1.30. The Labute approximate surface area is 318 Å². The largest absolute Gasteiger partial charge is 0.414 e. The number of nitrogens with one attached hydrogen (secondary N) is 1. The van der Waals surface area contributed by atoms with E-state index in [9.17, 15) is 4.79 Å². The van der Waals surface area contributed by atoms with Gasteiger partial charge < -0.3 is 18.6 Å². The van der Waals surface area contributed by atoms with Crippen LogP contribution in [0.4, 0.5) is 0 Å². The fraction of sp³-hybridized carbons (Fsp3) is 0.744. The van der Waals surface area contributed by atoms with Gasteiger partial charge in [-0.1, -0.05) is 96.2 Å². The number of rotatable bonds is 24. The van der Waals surface area contributed by atoms with Crippen molar-refractivity contribution >= 4 is 30.9 Å². The van der Waals surface area contributed by atoms with Crippen molar-refractivity contribution in [1.82, 2.24) is 5.32 Å². The number of hydrogen-bond acceptors (Lipinski definition) is 4. The van der Waals surface area contributed by atoms with Gasteiger partial charge in [0.2, 0.25) is 5.91 Å². The number of carbonyl (C=O) groups excluding carboxylic acids is 1. The molecule has 1 aromatic carbocycles. The molecule has 1 saturated carbocycles. The van der Waals surface area contributed by atoms with E-state index in [1.807, 2.05) is 6.92 Å². The lowest BCUT2D eigenvalue weighted by Crippen LogP contribution is -2.39. The van der Waals surface area contributed by atoms with Gasteiger partial charge in [-0.3, -0.25) is 4.79 Å². The molecule has 8 heteroatoms. The zero-order valence-corrected chi connectivity index (χ0v) is 38.2. The zero-order valence-electron chi connectivity index (χ0n) is 35.2. The van der Waals surface area contributed by atoms with Gasteiger partial charge in [0.05, 0.1) is 18.3 Å². The second-order valence-corrected chi connectivity index (χ2v) is 31.0. The van der Waals surface area contributed by atoms with Gasteiger partial charge in [0.15, 0.2) is 25.0 Å². The van der Waals surface area contributed by atoms with Gasteiger partial charge in [-0.25, -0.2) is 0 Å². The minimum atomic E-state index is -1.91. The zero-order chi connectivity index (χ0) is 38.2. The van der Waals surface area contributed by atoms with Crippen LogP contribution in [0, 0.1) is 29.6 Å². The molecule has 1 fully saturated rings. The van der Waals surface area contributed by atoms with Crippen molar-refractivity contribution in [1.29, 1.82) is 0 Å². The van der Waals surface area contributed by atoms with E-state index in [1.54, 1.807) is 0 Å². The molecular formula is C43H79NO4Si3. The Kier molecular flexibility index (Phi) is 19.9. The molecule has 0 heterocycles. The van der Waals surface area contributed by atoms with E-state index >= 15 is 0 Å². The minimum absolute atomic E-state index is 0.0735. The molecule has 5 unspecified atom stereocenters. The SMILES string of the molecule is CCNC(=O)CCC/C=C/CC1C(O[Si](C)(C)CC(C)C)CC(O[Si](C)(C)CC(C)C)C1/C=C/C(CCc1ccccc1)O[Si](C)(C)CC(C)C. The maximum atomic E-state index is 12.0. The number of hydrogen-bond donors (Lipinski definition) is 1. The highest BCUT2D eigenvalue weighted by molar-refractivity contribution is 6.72. The topological polar surface area (TPSA) is 56.8 Å². The van der Waals surface area contributed by atoms with Crippen LogP contribution >= 0.6 is 0 Å². The predicted molar refractivity (Wildman–Crippen MR) is 228 cm³/mol. The van der Waals surface area contributed by atoms with Crippen LogP contribution in [0.25, 0.3) is 0 Å². The smallest absolute Gasteiger partial charge is 0.219 e. The molecule has 0 spiro atoms. The van der Waals surface area contributed by atoms with Crippen LogP contribution in [0.3, 0.4) is 0 Å². The quantitative estimate of drug-likeness (QED) is 0.0648. The number of amides is 1.